The van der Waals surface area contributed by atoms with Crippen molar-refractivity contribution in [2.75, 3.05) is 39.1 Å². The second-order valence-electron chi connectivity index (χ2n) is 14.3. The Morgan fingerprint density at radius 2 is 0.758 bits per heavy atom. The van der Waals surface area contributed by atoms with Crippen molar-refractivity contribution in [3.05, 3.63) is 168 Å². The van der Waals surface area contributed by atoms with Gasteiger partial charge in [-0.1, -0.05) is 51.3 Å². The van der Waals surface area contributed by atoms with Crippen LogP contribution >= 0.6 is 0 Å². The van der Waals surface area contributed by atoms with Gasteiger partial charge in [0.25, 0.3) is 11.8 Å². The summed E-state index contributed by atoms with van der Waals surface area (Å²) in [7, 11) is 5.83. The number of methoxy groups -OCH3 is 4. The molecule has 14 heteroatoms. The highest BCUT2D eigenvalue weighted by molar-refractivity contribution is 6.08. The van der Waals surface area contributed by atoms with Crippen LogP contribution in [0, 0.1) is 0 Å². The lowest BCUT2D eigenvalue weighted by atomic mass is 10.1. The first kappa shape index (κ1) is 47.0. The number of rotatable bonds is 19. The molecule has 6 rings (SSSR count). The van der Waals surface area contributed by atoms with Gasteiger partial charge in [0.2, 0.25) is 0 Å². The topological polar surface area (TPSA) is 166 Å². The van der Waals surface area contributed by atoms with Crippen molar-refractivity contribution in [1.82, 2.24) is 0 Å². The van der Waals surface area contributed by atoms with Gasteiger partial charge in [0, 0.05) is 48.5 Å². The summed E-state index contributed by atoms with van der Waals surface area (Å²) in [5.74, 6) is 1.55. The van der Waals surface area contributed by atoms with Gasteiger partial charge in [0.1, 0.15) is 23.0 Å². The van der Waals surface area contributed by atoms with Crippen LogP contribution in [0.5, 0.6) is 46.0 Å². The van der Waals surface area contributed by atoms with Crippen molar-refractivity contribution in [3.63, 3.8) is 0 Å². The van der Waals surface area contributed by atoms with Crippen LogP contribution in [0.3, 0.4) is 0 Å². The first-order valence-electron chi connectivity index (χ1n) is 20.6. The summed E-state index contributed by atoms with van der Waals surface area (Å²) in [5, 5.41) is 5.61. The van der Waals surface area contributed by atoms with Gasteiger partial charge in [-0.15, -0.1) is 0 Å². The molecule has 0 saturated carbocycles. The van der Waals surface area contributed by atoms with Gasteiger partial charge in [-0.25, -0.2) is 9.59 Å². The number of esters is 2. The highest BCUT2D eigenvalue weighted by Gasteiger charge is 2.21. The van der Waals surface area contributed by atoms with Gasteiger partial charge in [0.15, 0.2) is 23.0 Å². The highest BCUT2D eigenvalue weighted by atomic mass is 16.5. The third kappa shape index (κ3) is 11.5. The Morgan fingerprint density at radius 3 is 1.06 bits per heavy atom. The van der Waals surface area contributed by atoms with Crippen molar-refractivity contribution in [3.8, 4) is 57.1 Å². The number of benzene rings is 6. The maximum atomic E-state index is 13.2. The van der Waals surface area contributed by atoms with Gasteiger partial charge in [-0.2, -0.15) is 0 Å². The fraction of sp³-hybridized carbons (Fsp3) is 0.154. The lowest BCUT2D eigenvalue weighted by molar-refractivity contribution is 0.0725. The summed E-state index contributed by atoms with van der Waals surface area (Å²) in [4.78, 5) is 52.5. The van der Waals surface area contributed by atoms with Crippen molar-refractivity contribution < 1.29 is 57.1 Å². The Hall–Kier alpha value is -8.52. The first-order valence-corrected chi connectivity index (χ1v) is 20.6. The Labute approximate surface area is 382 Å². The van der Waals surface area contributed by atoms with Crippen molar-refractivity contribution in [1.29, 1.82) is 0 Å². The maximum absolute atomic E-state index is 13.2. The van der Waals surface area contributed by atoms with E-state index in [1.165, 1.54) is 40.6 Å². The molecule has 338 valence electrons. The average molecular weight is 893 g/mol. The molecule has 0 unspecified atom stereocenters. The zero-order valence-electron chi connectivity index (χ0n) is 37.3. The van der Waals surface area contributed by atoms with Crippen LogP contribution in [0.1, 0.15) is 68.1 Å². The molecule has 0 fully saturated rings. The molecule has 2 amide bonds. The van der Waals surface area contributed by atoms with Crippen molar-refractivity contribution >= 4 is 35.1 Å². The second-order valence-corrected chi connectivity index (χ2v) is 14.3. The predicted molar refractivity (Wildman–Crippen MR) is 250 cm³/mol. The molecule has 0 heterocycles. The van der Waals surface area contributed by atoms with E-state index in [1.807, 2.05) is 13.8 Å². The number of amides is 2. The van der Waals surface area contributed by atoms with Crippen LogP contribution in [0.2, 0.25) is 0 Å². The summed E-state index contributed by atoms with van der Waals surface area (Å²) in [6.07, 6.45) is 1.19. The van der Waals surface area contributed by atoms with Gasteiger partial charge in [-0.3, -0.25) is 9.59 Å². The molecular formula is C52H48N2O12. The summed E-state index contributed by atoms with van der Waals surface area (Å²) < 4.78 is 44.4. The lowest BCUT2D eigenvalue weighted by Gasteiger charge is -2.16. The molecule has 14 nitrogen and oxygen atoms in total. The van der Waals surface area contributed by atoms with Crippen LogP contribution < -0.4 is 48.5 Å². The van der Waals surface area contributed by atoms with E-state index in [0.29, 0.717) is 70.2 Å². The summed E-state index contributed by atoms with van der Waals surface area (Å²) in [5.41, 5.74) is 3.51. The van der Waals surface area contributed by atoms with Crippen molar-refractivity contribution in [2.24, 2.45) is 0 Å². The number of hydrogen-bond acceptors (Lipinski definition) is 12. The average Bonchev–Trinajstić information content (AvgIpc) is 3.34. The zero-order chi connectivity index (χ0) is 47.3. The largest absolute Gasteiger partial charge is 0.496 e. The van der Waals surface area contributed by atoms with E-state index in [2.05, 4.69) is 23.8 Å². The minimum absolute atomic E-state index is 0.216. The quantitative estimate of drug-likeness (QED) is 0.0449. The van der Waals surface area contributed by atoms with E-state index >= 15 is 0 Å². The summed E-state index contributed by atoms with van der Waals surface area (Å²) >= 11 is 0. The molecule has 0 spiro atoms. The summed E-state index contributed by atoms with van der Waals surface area (Å²) in [6, 6.07) is 32.5. The Balaban J connectivity index is 1.01. The molecule has 0 aromatic heterocycles. The second kappa shape index (κ2) is 21.7. The predicted octanol–water partition coefficient (Wildman–Crippen LogP) is 10.9. The highest BCUT2D eigenvalue weighted by Crippen LogP contribution is 2.38. The molecule has 0 aliphatic carbocycles. The Kier molecular flexibility index (Phi) is 15.5. The van der Waals surface area contributed by atoms with Crippen LogP contribution in [0.15, 0.2) is 146 Å². The van der Waals surface area contributed by atoms with Crippen LogP contribution in [0.4, 0.5) is 11.4 Å². The van der Waals surface area contributed by atoms with Gasteiger partial charge in [-0.05, 0) is 83.9 Å². The van der Waals surface area contributed by atoms with E-state index in [4.69, 9.17) is 37.9 Å². The number of nitrogens with one attached hydrogen (secondary N) is 2. The third-order valence-corrected chi connectivity index (χ3v) is 9.98. The molecule has 2 N–H and O–H groups in total. The van der Waals surface area contributed by atoms with Crippen LogP contribution in [-0.4, -0.2) is 52.2 Å². The SMILES string of the molecule is C=C(CC)Oc1cc(OC)c(C(=O)Nc2ccc(C(=O)Oc3ccc(-c4ccc(OC(=O)c5ccc(NC(=O)c6cc(OC)c(OC(=C)CC)cc6OC)cc5)cc4)cc3)cc2)cc1OC. The molecule has 0 bridgehead atoms. The van der Waals surface area contributed by atoms with E-state index in [1.54, 1.807) is 109 Å². The fourth-order valence-electron chi connectivity index (χ4n) is 6.25. The smallest absolute Gasteiger partial charge is 0.343 e. The molecular weight excluding hydrogens is 845 g/mol. The molecule has 66 heavy (non-hydrogen) atoms. The standard InChI is InChI=1S/C52H48N2O12/c1-9-31(3)63-47-29-43(59-5)41(27-45(47)61-7)49(55)53-37-19-11-35(12-20-37)51(57)65-39-23-15-33(16-24-39)34-17-25-40(26-18-34)66-52(58)36-13-21-38(22-14-36)54-50(56)42-28-46(62-8)48(30-44(42)60-6)64-32(4)10-2/h11-30H,3-4,9-10H2,1-2,5-8H3,(H,53,55)(H,54,56). The molecule has 6 aromatic rings. The summed E-state index contributed by atoms with van der Waals surface area (Å²) in [6.45, 7) is 11.5. The monoisotopic (exact) mass is 892 g/mol. The van der Waals surface area contributed by atoms with Crippen LogP contribution in [-0.2, 0) is 0 Å². The maximum Gasteiger partial charge on any atom is 0.343 e. The number of carbonyl (C=O) groups excluding carboxylic acids is 4. The molecule has 0 aliphatic heterocycles. The van der Waals surface area contributed by atoms with Crippen molar-refractivity contribution in [2.45, 2.75) is 26.7 Å². The fourth-order valence-corrected chi connectivity index (χ4v) is 6.25. The van der Waals surface area contributed by atoms with E-state index < -0.39 is 23.8 Å². The van der Waals surface area contributed by atoms with Crippen LogP contribution in [0.25, 0.3) is 11.1 Å². The Bertz CT molecular complexity index is 2560. The minimum atomic E-state index is -0.588. The molecule has 0 saturated heterocycles. The molecule has 0 radical (unpaired) electrons. The number of anilines is 2. The van der Waals surface area contributed by atoms with E-state index in [-0.39, 0.29) is 33.8 Å². The first-order chi connectivity index (χ1) is 31.9. The molecule has 0 atom stereocenters. The normalized spacial score (nSPS) is 10.5. The van der Waals surface area contributed by atoms with Gasteiger partial charge in [0.05, 0.1) is 62.2 Å². The zero-order valence-corrected chi connectivity index (χ0v) is 37.3. The third-order valence-electron chi connectivity index (χ3n) is 9.98. The number of hydrogen-bond donors (Lipinski definition) is 2. The molecule has 0 aliphatic rings. The van der Waals surface area contributed by atoms with E-state index in [9.17, 15) is 19.2 Å². The minimum Gasteiger partial charge on any atom is -0.496 e. The van der Waals surface area contributed by atoms with E-state index in [0.717, 1.165) is 11.1 Å². The number of allylic oxidation sites excluding steroid dienone is 2. The molecule has 6 aromatic carbocycles. The number of ether oxygens (including phenoxy) is 8. The Morgan fingerprint density at radius 1 is 0.424 bits per heavy atom. The van der Waals surface area contributed by atoms with Gasteiger partial charge < -0.3 is 48.5 Å². The van der Waals surface area contributed by atoms with Gasteiger partial charge >= 0.3 is 11.9 Å². The number of carbonyl (C=O) groups is 4. The lowest BCUT2D eigenvalue weighted by Crippen LogP contribution is -2.14.